The predicted molar refractivity (Wildman–Crippen MR) is 202 cm³/mol. The molecule has 48 heavy (non-hydrogen) atoms. The minimum absolute atomic E-state index is 0.575. The smallest absolute Gasteiger partial charge is 0.211 e. The summed E-state index contributed by atoms with van der Waals surface area (Å²) in [6.45, 7) is 16.4. The van der Waals surface area contributed by atoms with Crippen LogP contribution in [0.25, 0.3) is 48.3 Å². The van der Waals surface area contributed by atoms with E-state index in [1.165, 1.54) is 15.6 Å². The Hall–Kier alpha value is -6.46. The molecule has 4 heteroatoms. The van der Waals surface area contributed by atoms with Gasteiger partial charge in [-0.3, -0.25) is 0 Å². The molecule has 0 bridgehead atoms. The molecule has 0 aliphatic heterocycles. The van der Waals surface area contributed by atoms with E-state index < -0.39 is 8.07 Å². The van der Waals surface area contributed by atoms with Crippen LogP contribution < -0.4 is 20.7 Å². The van der Waals surface area contributed by atoms with E-state index in [1.807, 2.05) is 12.1 Å². The topological polar surface area (TPSA) is 13.6 Å². The van der Waals surface area contributed by atoms with Gasteiger partial charge in [0.2, 0.25) is 5.69 Å². The Morgan fingerprint density at radius 1 is 0.458 bits per heavy atom. The zero-order chi connectivity index (χ0) is 32.5. The minimum Gasteiger partial charge on any atom is -0.319 e. The summed E-state index contributed by atoms with van der Waals surface area (Å²) in [7, 11) is -2.97. The van der Waals surface area contributed by atoms with E-state index in [0.717, 1.165) is 43.8 Å². The van der Waals surface area contributed by atoms with Gasteiger partial charge in [0.25, 0.3) is 0 Å². The van der Waals surface area contributed by atoms with Crippen molar-refractivity contribution in [2.24, 2.45) is 0 Å². The van der Waals surface area contributed by atoms with Crippen molar-refractivity contribution >= 4 is 62.0 Å². The normalized spacial score (nSPS) is 11.3. The van der Waals surface area contributed by atoms with Crippen molar-refractivity contribution in [3.8, 4) is 16.8 Å². The second-order valence-corrected chi connectivity index (χ2v) is 15.6. The van der Waals surface area contributed by atoms with E-state index in [9.17, 15) is 0 Å². The van der Waals surface area contributed by atoms with Gasteiger partial charge in [-0.1, -0.05) is 152 Å². The summed E-state index contributed by atoms with van der Waals surface area (Å²) in [4.78, 5) is 8.04. The first-order valence-electron chi connectivity index (χ1n) is 15.9. The van der Waals surface area contributed by atoms with Gasteiger partial charge < -0.3 is 4.57 Å². The summed E-state index contributed by atoms with van der Waals surface area (Å²) in [5, 5.41) is 7.15. The number of rotatable bonds is 6. The number of hydrogen-bond donors (Lipinski definition) is 0. The van der Waals surface area contributed by atoms with Crippen molar-refractivity contribution in [3.05, 3.63) is 199 Å². The molecule has 0 saturated carbocycles. The van der Waals surface area contributed by atoms with Crippen molar-refractivity contribution in [2.45, 2.75) is 0 Å². The van der Waals surface area contributed by atoms with Gasteiger partial charge in [0.05, 0.1) is 29.9 Å². The maximum Gasteiger partial charge on any atom is 0.211 e. The molecule has 0 amide bonds. The minimum atomic E-state index is -2.97. The van der Waals surface area contributed by atoms with Gasteiger partial charge in [0.1, 0.15) is 0 Å². The number of benzene rings is 7. The van der Waals surface area contributed by atoms with Crippen LogP contribution in [0.4, 0.5) is 11.4 Å². The molecule has 0 aliphatic rings. The fraction of sp³-hybridized carbons (Fsp3) is 0. The number of fused-ring (bicyclic) bond motifs is 3. The van der Waals surface area contributed by atoms with Crippen LogP contribution in [0, 0.1) is 13.1 Å². The molecule has 0 spiro atoms. The summed E-state index contributed by atoms with van der Waals surface area (Å²) < 4.78 is 2.21. The summed E-state index contributed by atoms with van der Waals surface area (Å²) in [6, 6.07) is 61.4. The Morgan fingerprint density at radius 2 is 0.958 bits per heavy atom. The Balaban J connectivity index is 1.43. The third-order valence-corrected chi connectivity index (χ3v) is 14.2. The highest BCUT2D eigenvalue weighted by Gasteiger charge is 2.43. The van der Waals surface area contributed by atoms with Gasteiger partial charge >= 0.3 is 0 Å². The van der Waals surface area contributed by atoms with Crippen molar-refractivity contribution in [1.29, 1.82) is 0 Å². The average molecular weight is 628 g/mol. The fourth-order valence-corrected chi connectivity index (χ4v) is 12.4. The third-order valence-electron chi connectivity index (χ3n) is 9.38. The molecule has 0 radical (unpaired) electrons. The maximum absolute atomic E-state index is 8.39. The monoisotopic (exact) mass is 627 g/mol. The molecular weight excluding hydrogens is 599 g/mol. The summed E-state index contributed by atoms with van der Waals surface area (Å²) in [5.74, 6) is 0. The second kappa shape index (κ2) is 12.0. The molecule has 1 aromatic heterocycles. The van der Waals surface area contributed by atoms with Crippen LogP contribution >= 0.6 is 0 Å². The molecule has 8 aromatic rings. The van der Waals surface area contributed by atoms with Gasteiger partial charge in [0.15, 0.2) is 13.8 Å². The van der Waals surface area contributed by atoms with Gasteiger partial charge in [0, 0.05) is 10.8 Å². The van der Waals surface area contributed by atoms with Gasteiger partial charge in [-0.2, -0.15) is 0 Å². The maximum atomic E-state index is 8.39. The Bertz CT molecular complexity index is 2370. The first-order valence-corrected chi connectivity index (χ1v) is 17.9. The Labute approximate surface area is 281 Å². The van der Waals surface area contributed by atoms with E-state index in [4.69, 9.17) is 13.1 Å². The molecular formula is C44H29N3Si. The quantitative estimate of drug-likeness (QED) is 0.0993. The SMILES string of the molecule is [C-]#[N+]c1ccc(-c2ccc(-n3c4ccccc4c4ccccc43)c([N+]#[C-])c2)c([Si](c2ccccc2)(c2ccccc2)c2ccccc2)c1. The van der Waals surface area contributed by atoms with E-state index in [2.05, 4.69) is 178 Å². The summed E-state index contributed by atoms with van der Waals surface area (Å²) >= 11 is 0. The Kier molecular flexibility index (Phi) is 7.27. The molecule has 0 atom stereocenters. The first-order chi connectivity index (χ1) is 23.7. The highest BCUT2D eigenvalue weighted by molar-refractivity contribution is 7.20. The summed E-state index contributed by atoms with van der Waals surface area (Å²) in [6.07, 6.45) is 0. The third kappa shape index (κ3) is 4.55. The summed E-state index contributed by atoms with van der Waals surface area (Å²) in [5.41, 5.74) is 6.15. The second-order valence-electron chi connectivity index (χ2n) is 11.9. The lowest BCUT2D eigenvalue weighted by atomic mass is 10.0. The molecule has 8 rings (SSSR count). The van der Waals surface area contributed by atoms with Crippen molar-refractivity contribution in [3.63, 3.8) is 0 Å². The lowest BCUT2D eigenvalue weighted by molar-refractivity contribution is 1.19. The molecule has 3 nitrogen and oxygen atoms in total. The highest BCUT2D eigenvalue weighted by Crippen LogP contribution is 2.37. The van der Waals surface area contributed by atoms with Crippen LogP contribution in [0.5, 0.6) is 0 Å². The van der Waals surface area contributed by atoms with E-state index in [1.54, 1.807) is 0 Å². The molecule has 7 aromatic carbocycles. The van der Waals surface area contributed by atoms with Gasteiger partial charge in [-0.15, -0.1) is 0 Å². The largest absolute Gasteiger partial charge is 0.319 e. The molecule has 0 fully saturated rings. The molecule has 224 valence electrons. The Morgan fingerprint density at radius 3 is 1.46 bits per heavy atom. The van der Waals surface area contributed by atoms with Crippen LogP contribution in [-0.2, 0) is 0 Å². The standard InChI is InChI=1S/C44H29N3Si/c1-45-33-27-28-37(32-26-29-43(40(30-32)46-2)47-41-24-14-12-22-38(41)39-23-13-15-25-42(39)47)44(31-33)48(34-16-6-3-7-17-34,35-18-8-4-9-19-35)36-20-10-5-11-21-36/h3-31H. The van der Waals surface area contributed by atoms with Crippen molar-refractivity contribution < 1.29 is 0 Å². The average Bonchev–Trinajstić information content (AvgIpc) is 3.50. The molecule has 0 aliphatic carbocycles. The molecule has 1 heterocycles. The highest BCUT2D eigenvalue weighted by atomic mass is 28.3. The van der Waals surface area contributed by atoms with Crippen LogP contribution in [0.15, 0.2) is 176 Å². The zero-order valence-electron chi connectivity index (χ0n) is 26.1. The number of aromatic nitrogens is 1. The number of hydrogen-bond acceptors (Lipinski definition) is 0. The van der Waals surface area contributed by atoms with Gasteiger partial charge in [-0.25, -0.2) is 9.69 Å². The van der Waals surface area contributed by atoms with Crippen molar-refractivity contribution in [1.82, 2.24) is 4.57 Å². The molecule has 0 N–H and O–H groups in total. The van der Waals surface area contributed by atoms with Crippen LogP contribution in [0.3, 0.4) is 0 Å². The lowest BCUT2D eigenvalue weighted by Crippen LogP contribution is -2.75. The lowest BCUT2D eigenvalue weighted by Gasteiger charge is -2.36. The van der Waals surface area contributed by atoms with Crippen LogP contribution in [0.1, 0.15) is 0 Å². The fourth-order valence-electron chi connectivity index (χ4n) is 7.35. The van der Waals surface area contributed by atoms with E-state index >= 15 is 0 Å². The van der Waals surface area contributed by atoms with E-state index in [-0.39, 0.29) is 0 Å². The van der Waals surface area contributed by atoms with Crippen molar-refractivity contribution in [2.75, 3.05) is 0 Å². The predicted octanol–water partition coefficient (Wildman–Crippen LogP) is 8.93. The van der Waals surface area contributed by atoms with Gasteiger partial charge in [-0.05, 0) is 56.1 Å². The van der Waals surface area contributed by atoms with Crippen LogP contribution in [-0.4, -0.2) is 12.6 Å². The molecule has 0 unspecified atom stereocenters. The molecule has 0 saturated heterocycles. The zero-order valence-corrected chi connectivity index (χ0v) is 27.1. The van der Waals surface area contributed by atoms with E-state index in [0.29, 0.717) is 11.4 Å². The van der Waals surface area contributed by atoms with Crippen LogP contribution in [0.2, 0.25) is 0 Å². The number of nitrogens with zero attached hydrogens (tertiary/aromatic N) is 3. The number of para-hydroxylation sites is 2. The first kappa shape index (κ1) is 29.0.